The topological polar surface area (TPSA) is 0 Å². The number of hydrogen-bond donors (Lipinski definition) is 0. The summed E-state index contributed by atoms with van der Waals surface area (Å²) in [6.07, 6.45) is 2.66. The molecule has 0 fully saturated rings. The first-order valence-corrected chi connectivity index (χ1v) is 10.5. The molecule has 2 aromatic rings. The van der Waals surface area contributed by atoms with Crippen LogP contribution in [-0.2, 0) is 11.5 Å². The van der Waals surface area contributed by atoms with E-state index in [0.29, 0.717) is 5.04 Å². The molecule has 0 aliphatic carbocycles. The highest BCUT2D eigenvalue weighted by Gasteiger charge is 2.52. The molecule has 20 heavy (non-hydrogen) atoms. The van der Waals surface area contributed by atoms with Gasteiger partial charge in [0.05, 0.1) is 8.07 Å². The molecule has 4 rings (SSSR count). The summed E-state index contributed by atoms with van der Waals surface area (Å²) in [6, 6.07) is 17.6. The Morgan fingerprint density at radius 3 is 2.55 bits per heavy atom. The van der Waals surface area contributed by atoms with Crippen LogP contribution >= 0.6 is 0 Å². The van der Waals surface area contributed by atoms with Gasteiger partial charge in [0.15, 0.2) is 0 Å². The van der Waals surface area contributed by atoms with Crippen LogP contribution in [0.2, 0.25) is 12.6 Å². The van der Waals surface area contributed by atoms with Gasteiger partial charge in [-0.15, -0.1) is 0 Å². The zero-order chi connectivity index (χ0) is 14.0. The Kier molecular flexibility index (Phi) is 2.39. The second kappa shape index (κ2) is 3.85. The SMILES string of the molecule is CC1(C)c2ccccc2-c2cccc3c2[Si]1(C)CCC3. The third-order valence-corrected chi connectivity index (χ3v) is 12.2. The van der Waals surface area contributed by atoms with Crippen molar-refractivity contribution in [1.82, 2.24) is 0 Å². The molecular formula is C19H22Si. The predicted molar refractivity (Wildman–Crippen MR) is 89.3 cm³/mol. The van der Waals surface area contributed by atoms with E-state index >= 15 is 0 Å². The van der Waals surface area contributed by atoms with Gasteiger partial charge in [0.25, 0.3) is 0 Å². The summed E-state index contributed by atoms with van der Waals surface area (Å²) in [5.41, 5.74) is 6.26. The fourth-order valence-electron chi connectivity index (χ4n) is 4.63. The summed E-state index contributed by atoms with van der Waals surface area (Å²) in [4.78, 5) is 0. The molecule has 1 atom stereocenters. The molecule has 0 spiro atoms. The maximum absolute atomic E-state index is 2.63. The van der Waals surface area contributed by atoms with Gasteiger partial charge in [0, 0.05) is 0 Å². The van der Waals surface area contributed by atoms with Crippen LogP contribution in [-0.4, -0.2) is 8.07 Å². The molecule has 1 unspecified atom stereocenters. The smallest absolute Gasteiger partial charge is 0.0646 e. The fourth-order valence-corrected chi connectivity index (χ4v) is 9.55. The van der Waals surface area contributed by atoms with E-state index in [-0.39, 0.29) is 0 Å². The lowest BCUT2D eigenvalue weighted by Crippen LogP contribution is -2.64. The Balaban J connectivity index is 2.16. The number of rotatable bonds is 0. The first kappa shape index (κ1) is 12.4. The highest BCUT2D eigenvalue weighted by Crippen LogP contribution is 2.48. The second-order valence-corrected chi connectivity index (χ2v) is 12.1. The van der Waals surface area contributed by atoms with Crippen molar-refractivity contribution in [2.24, 2.45) is 0 Å². The Morgan fingerprint density at radius 2 is 1.70 bits per heavy atom. The van der Waals surface area contributed by atoms with E-state index < -0.39 is 8.07 Å². The fraction of sp³-hybridized carbons (Fsp3) is 0.368. The lowest BCUT2D eigenvalue weighted by atomic mass is 9.89. The standard InChI is InChI=1S/C19H22Si/c1-19(2)17-12-5-4-10-15(17)16-11-6-8-14-9-7-13-20(19,3)18(14)16/h4-6,8,10-12H,7,9,13H2,1-3H3. The van der Waals surface area contributed by atoms with Crippen molar-refractivity contribution in [1.29, 1.82) is 0 Å². The molecule has 2 aliphatic rings. The van der Waals surface area contributed by atoms with Crippen molar-refractivity contribution < 1.29 is 0 Å². The van der Waals surface area contributed by atoms with Gasteiger partial charge in [-0.3, -0.25) is 0 Å². The molecular weight excluding hydrogens is 256 g/mol. The van der Waals surface area contributed by atoms with Crippen molar-refractivity contribution in [3.05, 3.63) is 53.6 Å². The molecule has 0 bridgehead atoms. The van der Waals surface area contributed by atoms with Gasteiger partial charge >= 0.3 is 0 Å². The third-order valence-electron chi connectivity index (χ3n) is 6.10. The molecule has 2 aromatic carbocycles. The molecule has 2 heterocycles. The van der Waals surface area contributed by atoms with Gasteiger partial charge in [-0.1, -0.05) is 75.3 Å². The van der Waals surface area contributed by atoms with E-state index in [1.807, 2.05) is 0 Å². The number of hydrogen-bond acceptors (Lipinski definition) is 0. The number of fused-ring (bicyclic) bond motifs is 2. The van der Waals surface area contributed by atoms with Crippen LogP contribution in [0.15, 0.2) is 42.5 Å². The van der Waals surface area contributed by atoms with Crippen molar-refractivity contribution in [3.63, 3.8) is 0 Å². The van der Waals surface area contributed by atoms with E-state index in [4.69, 9.17) is 0 Å². The van der Waals surface area contributed by atoms with Gasteiger partial charge in [-0.2, -0.15) is 0 Å². The molecule has 0 N–H and O–H groups in total. The Morgan fingerprint density at radius 1 is 0.950 bits per heavy atom. The Bertz CT molecular complexity index is 699. The molecule has 0 saturated heterocycles. The van der Waals surface area contributed by atoms with Gasteiger partial charge in [-0.25, -0.2) is 0 Å². The molecule has 102 valence electrons. The van der Waals surface area contributed by atoms with Gasteiger partial charge in [0.1, 0.15) is 0 Å². The van der Waals surface area contributed by atoms with Crippen LogP contribution in [0.5, 0.6) is 0 Å². The van der Waals surface area contributed by atoms with Crippen molar-refractivity contribution >= 4 is 13.3 Å². The average Bonchev–Trinajstić information content (AvgIpc) is 2.46. The minimum absolute atomic E-state index is 0.340. The van der Waals surface area contributed by atoms with Crippen molar-refractivity contribution in [2.75, 3.05) is 0 Å². The van der Waals surface area contributed by atoms with Gasteiger partial charge < -0.3 is 0 Å². The zero-order valence-corrected chi connectivity index (χ0v) is 13.7. The van der Waals surface area contributed by atoms with Crippen LogP contribution in [0.4, 0.5) is 0 Å². The minimum atomic E-state index is -1.47. The van der Waals surface area contributed by atoms with Crippen LogP contribution in [0.25, 0.3) is 11.1 Å². The van der Waals surface area contributed by atoms with Crippen molar-refractivity contribution in [2.45, 2.75) is 44.3 Å². The number of aryl methyl sites for hydroxylation is 1. The Hall–Kier alpha value is -1.34. The van der Waals surface area contributed by atoms with E-state index in [9.17, 15) is 0 Å². The van der Waals surface area contributed by atoms with E-state index in [1.165, 1.54) is 24.4 Å². The lowest BCUT2D eigenvalue weighted by molar-refractivity contribution is 0.695. The summed E-state index contributed by atoms with van der Waals surface area (Å²) < 4.78 is 0. The zero-order valence-electron chi connectivity index (χ0n) is 12.7. The maximum atomic E-state index is 2.63. The molecule has 0 aromatic heterocycles. The summed E-state index contributed by atoms with van der Waals surface area (Å²) >= 11 is 0. The highest BCUT2D eigenvalue weighted by molar-refractivity contribution is 6.95. The molecule has 0 saturated carbocycles. The molecule has 0 amide bonds. The number of benzene rings is 2. The first-order valence-electron chi connectivity index (χ1n) is 7.78. The maximum Gasteiger partial charge on any atom is 0.0947 e. The first-order chi connectivity index (χ1) is 9.56. The van der Waals surface area contributed by atoms with Crippen LogP contribution in [0, 0.1) is 0 Å². The minimum Gasteiger partial charge on any atom is -0.0646 e. The van der Waals surface area contributed by atoms with E-state index in [1.54, 1.807) is 21.9 Å². The largest absolute Gasteiger partial charge is 0.0947 e. The van der Waals surface area contributed by atoms with Gasteiger partial charge in [0.2, 0.25) is 0 Å². The quantitative estimate of drug-likeness (QED) is 0.626. The summed E-state index contributed by atoms with van der Waals surface area (Å²) in [5, 5.41) is 2.11. The normalized spacial score (nSPS) is 25.8. The molecule has 0 radical (unpaired) electrons. The predicted octanol–water partition coefficient (Wildman–Crippen LogP) is 4.42. The van der Waals surface area contributed by atoms with Crippen molar-refractivity contribution in [3.8, 4) is 11.1 Å². The van der Waals surface area contributed by atoms with E-state index in [0.717, 1.165) is 0 Å². The molecule has 1 heteroatoms. The summed E-state index contributed by atoms with van der Waals surface area (Å²) in [7, 11) is -1.47. The second-order valence-electron chi connectivity index (χ2n) is 7.20. The monoisotopic (exact) mass is 278 g/mol. The summed E-state index contributed by atoms with van der Waals surface area (Å²) in [6.45, 7) is 7.64. The lowest BCUT2D eigenvalue weighted by Gasteiger charge is -2.51. The molecule has 0 nitrogen and oxygen atoms in total. The average molecular weight is 278 g/mol. The van der Waals surface area contributed by atoms with Gasteiger partial charge in [-0.05, 0) is 38.9 Å². The highest BCUT2D eigenvalue weighted by atomic mass is 28.3. The van der Waals surface area contributed by atoms with E-state index in [2.05, 4.69) is 62.9 Å². The summed E-state index contributed by atoms with van der Waals surface area (Å²) in [5.74, 6) is 0. The third kappa shape index (κ3) is 1.32. The van der Waals surface area contributed by atoms with Crippen LogP contribution in [0.3, 0.4) is 0 Å². The Labute approximate surface area is 122 Å². The molecule has 2 aliphatic heterocycles. The van der Waals surface area contributed by atoms with Crippen LogP contribution in [0.1, 0.15) is 31.4 Å². The van der Waals surface area contributed by atoms with Crippen LogP contribution < -0.4 is 5.19 Å².